The van der Waals surface area contributed by atoms with E-state index in [1.807, 2.05) is 48.7 Å². The van der Waals surface area contributed by atoms with E-state index in [0.29, 0.717) is 13.0 Å². The maximum absolute atomic E-state index is 12.0. The highest BCUT2D eigenvalue weighted by Crippen LogP contribution is 2.23. The number of amides is 1. The third-order valence-electron chi connectivity index (χ3n) is 3.72. The van der Waals surface area contributed by atoms with Crippen LogP contribution in [0.5, 0.6) is 0 Å². The molecule has 0 saturated heterocycles. The molecule has 1 unspecified atom stereocenters. The molecule has 23 heavy (non-hydrogen) atoms. The van der Waals surface area contributed by atoms with E-state index in [1.165, 1.54) is 0 Å². The number of para-hydroxylation sites is 1. The van der Waals surface area contributed by atoms with Crippen molar-refractivity contribution in [1.82, 2.24) is 4.98 Å². The number of fused-ring (bicyclic) bond motifs is 1. The molecule has 2 heterocycles. The highest BCUT2D eigenvalue weighted by atomic mass is 32.2. The second-order valence-electron chi connectivity index (χ2n) is 5.43. The number of aromatic nitrogens is 1. The first-order valence-electron chi connectivity index (χ1n) is 7.87. The van der Waals surface area contributed by atoms with Gasteiger partial charge >= 0.3 is 0 Å². The minimum atomic E-state index is -0.367. The van der Waals surface area contributed by atoms with Crippen molar-refractivity contribution in [3.8, 4) is 0 Å². The summed E-state index contributed by atoms with van der Waals surface area (Å²) >= 11 is 1.75. The van der Waals surface area contributed by atoms with Crippen LogP contribution in [0.2, 0.25) is 0 Å². The van der Waals surface area contributed by atoms with Crippen molar-refractivity contribution in [3.05, 3.63) is 54.2 Å². The summed E-state index contributed by atoms with van der Waals surface area (Å²) in [6.45, 7) is 0.614. The summed E-state index contributed by atoms with van der Waals surface area (Å²) in [6, 6.07) is 13.8. The molecule has 1 aromatic heterocycles. The van der Waals surface area contributed by atoms with Crippen molar-refractivity contribution in [2.75, 3.05) is 17.7 Å². The van der Waals surface area contributed by atoms with Gasteiger partial charge in [-0.3, -0.25) is 4.79 Å². The maximum Gasteiger partial charge on any atom is 0.253 e. The monoisotopic (exact) mass is 328 g/mol. The molecule has 0 aliphatic carbocycles. The van der Waals surface area contributed by atoms with Crippen molar-refractivity contribution < 1.29 is 9.53 Å². The van der Waals surface area contributed by atoms with E-state index < -0.39 is 0 Å². The fourth-order valence-electron chi connectivity index (χ4n) is 2.50. The second-order valence-corrected chi connectivity index (χ2v) is 6.55. The predicted octanol–water partition coefficient (Wildman–Crippen LogP) is 3.53. The van der Waals surface area contributed by atoms with Gasteiger partial charge in [0.05, 0.1) is 5.03 Å². The van der Waals surface area contributed by atoms with E-state index in [4.69, 9.17) is 4.74 Å². The standard InChI is InChI=1S/C18H20N2O2S/c21-18-16(13-14-7-1-2-8-15(14)20-18)22-11-5-6-12-23-17-9-3-4-10-19-17/h1-4,7-10,16H,5-6,11-13H2,(H,20,21). The first-order valence-corrected chi connectivity index (χ1v) is 8.86. The first-order chi connectivity index (χ1) is 11.3. The molecule has 2 aromatic rings. The molecule has 0 spiro atoms. The molecule has 1 aliphatic heterocycles. The Bertz CT molecular complexity index is 648. The Morgan fingerprint density at radius 2 is 2.04 bits per heavy atom. The molecule has 0 radical (unpaired) electrons. The van der Waals surface area contributed by atoms with Gasteiger partial charge in [0, 0.05) is 24.9 Å². The van der Waals surface area contributed by atoms with E-state index in [-0.39, 0.29) is 12.0 Å². The molecule has 1 aromatic carbocycles. The average molecular weight is 328 g/mol. The second kappa shape index (κ2) is 8.13. The van der Waals surface area contributed by atoms with E-state index in [0.717, 1.165) is 34.9 Å². The third kappa shape index (κ3) is 4.56. The lowest BCUT2D eigenvalue weighted by atomic mass is 10.0. The smallest absolute Gasteiger partial charge is 0.253 e. The van der Waals surface area contributed by atoms with E-state index in [1.54, 1.807) is 11.8 Å². The molecule has 4 nitrogen and oxygen atoms in total. The molecule has 1 atom stereocenters. The Morgan fingerprint density at radius 3 is 2.91 bits per heavy atom. The third-order valence-corrected chi connectivity index (χ3v) is 4.75. The summed E-state index contributed by atoms with van der Waals surface area (Å²) in [6.07, 6.45) is 4.10. The summed E-state index contributed by atoms with van der Waals surface area (Å²) in [7, 11) is 0. The number of hydrogen-bond donors (Lipinski definition) is 1. The molecule has 0 saturated carbocycles. The van der Waals surface area contributed by atoms with Crippen LogP contribution in [0.1, 0.15) is 18.4 Å². The van der Waals surface area contributed by atoms with Gasteiger partial charge in [-0.1, -0.05) is 24.3 Å². The summed E-state index contributed by atoms with van der Waals surface area (Å²) in [5.74, 6) is 0.978. The summed E-state index contributed by atoms with van der Waals surface area (Å²) in [5, 5.41) is 3.96. The first kappa shape index (κ1) is 16.0. The zero-order valence-electron chi connectivity index (χ0n) is 12.9. The highest BCUT2D eigenvalue weighted by molar-refractivity contribution is 7.99. The number of ether oxygens (including phenoxy) is 1. The molecule has 1 amide bonds. The van der Waals surface area contributed by atoms with Gasteiger partial charge in [0.15, 0.2) is 0 Å². The molecule has 5 heteroatoms. The Labute approximate surface area is 140 Å². The van der Waals surface area contributed by atoms with Crippen LogP contribution in [0.25, 0.3) is 0 Å². The Hall–Kier alpha value is -1.85. The molecule has 3 rings (SSSR count). The van der Waals surface area contributed by atoms with Gasteiger partial charge < -0.3 is 10.1 Å². The summed E-state index contributed by atoms with van der Waals surface area (Å²) in [5.41, 5.74) is 2.05. The zero-order chi connectivity index (χ0) is 15.9. The van der Waals surface area contributed by atoms with Crippen molar-refractivity contribution in [2.45, 2.75) is 30.4 Å². The number of anilines is 1. The topological polar surface area (TPSA) is 51.2 Å². The lowest BCUT2D eigenvalue weighted by molar-refractivity contribution is -0.127. The lowest BCUT2D eigenvalue weighted by Gasteiger charge is -2.24. The summed E-state index contributed by atoms with van der Waals surface area (Å²) in [4.78, 5) is 16.3. The molecule has 1 aliphatic rings. The fraction of sp³-hybridized carbons (Fsp3) is 0.333. The van der Waals surface area contributed by atoms with E-state index in [9.17, 15) is 4.79 Å². The molecule has 1 N–H and O–H groups in total. The van der Waals surface area contributed by atoms with Gasteiger partial charge in [0.2, 0.25) is 0 Å². The number of nitrogens with zero attached hydrogens (tertiary/aromatic N) is 1. The Kier molecular flexibility index (Phi) is 5.66. The number of hydrogen-bond acceptors (Lipinski definition) is 4. The quantitative estimate of drug-likeness (QED) is 0.624. The maximum atomic E-state index is 12.0. The summed E-state index contributed by atoms with van der Waals surface area (Å²) < 4.78 is 5.77. The van der Waals surface area contributed by atoms with Crippen LogP contribution in [0.3, 0.4) is 0 Å². The van der Waals surface area contributed by atoms with Gasteiger partial charge in [-0.05, 0) is 42.4 Å². The average Bonchev–Trinajstić information content (AvgIpc) is 2.59. The van der Waals surface area contributed by atoms with Crippen molar-refractivity contribution in [2.24, 2.45) is 0 Å². The van der Waals surface area contributed by atoms with E-state index in [2.05, 4.69) is 10.3 Å². The van der Waals surface area contributed by atoms with Crippen LogP contribution in [0.15, 0.2) is 53.7 Å². The van der Waals surface area contributed by atoms with Crippen LogP contribution in [0.4, 0.5) is 5.69 Å². The number of pyridine rings is 1. The molecular weight excluding hydrogens is 308 g/mol. The number of nitrogens with one attached hydrogen (secondary N) is 1. The van der Waals surface area contributed by atoms with Gasteiger partial charge in [0.1, 0.15) is 6.10 Å². The SMILES string of the molecule is O=C1Nc2ccccc2CC1OCCCCSc1ccccn1. The molecule has 0 bridgehead atoms. The number of unbranched alkanes of at least 4 members (excludes halogenated alkanes) is 1. The van der Waals surface area contributed by atoms with Crippen LogP contribution in [0, 0.1) is 0 Å². The predicted molar refractivity (Wildman–Crippen MR) is 92.7 cm³/mol. The minimum absolute atomic E-state index is 0.0356. The van der Waals surface area contributed by atoms with Crippen LogP contribution >= 0.6 is 11.8 Å². The van der Waals surface area contributed by atoms with Gasteiger partial charge in [0.25, 0.3) is 5.91 Å². The largest absolute Gasteiger partial charge is 0.368 e. The van der Waals surface area contributed by atoms with Gasteiger partial charge in [-0.15, -0.1) is 11.8 Å². The minimum Gasteiger partial charge on any atom is -0.368 e. The number of carbonyl (C=O) groups is 1. The van der Waals surface area contributed by atoms with Crippen LogP contribution in [-0.4, -0.2) is 29.4 Å². The normalized spacial score (nSPS) is 16.7. The van der Waals surface area contributed by atoms with Crippen molar-refractivity contribution in [3.63, 3.8) is 0 Å². The van der Waals surface area contributed by atoms with Gasteiger partial charge in [-0.25, -0.2) is 4.98 Å². The highest BCUT2D eigenvalue weighted by Gasteiger charge is 2.26. The molecule has 120 valence electrons. The number of benzene rings is 1. The number of rotatable bonds is 7. The van der Waals surface area contributed by atoms with Crippen LogP contribution < -0.4 is 5.32 Å². The molecule has 0 fully saturated rings. The Morgan fingerprint density at radius 1 is 1.17 bits per heavy atom. The number of carbonyl (C=O) groups excluding carboxylic acids is 1. The van der Waals surface area contributed by atoms with E-state index >= 15 is 0 Å². The fourth-order valence-corrected chi connectivity index (χ4v) is 3.37. The lowest BCUT2D eigenvalue weighted by Crippen LogP contribution is -2.36. The Balaban J connectivity index is 1.36. The number of thioether (sulfide) groups is 1. The van der Waals surface area contributed by atoms with Crippen molar-refractivity contribution >= 4 is 23.4 Å². The van der Waals surface area contributed by atoms with Crippen molar-refractivity contribution in [1.29, 1.82) is 0 Å². The zero-order valence-corrected chi connectivity index (χ0v) is 13.7. The van der Waals surface area contributed by atoms with Gasteiger partial charge in [-0.2, -0.15) is 0 Å². The van der Waals surface area contributed by atoms with Crippen LogP contribution in [-0.2, 0) is 16.0 Å². The molecular formula is C18H20N2O2S.